The van der Waals surface area contributed by atoms with Gasteiger partial charge in [-0.15, -0.1) is 5.11 Å². The predicted molar refractivity (Wildman–Crippen MR) is 26.1 cm³/mol. The summed E-state index contributed by atoms with van der Waals surface area (Å²) in [6.45, 7) is 0. The van der Waals surface area contributed by atoms with Crippen LogP contribution in [0.25, 0.3) is 0 Å². The van der Waals surface area contributed by atoms with E-state index in [2.05, 4.69) is 10.3 Å². The standard InChI is InChI=1S/C2H3N3O2S/c6-8(7)2-1-3-4-5-8/h1-2H,(H,3,5). The summed E-state index contributed by atoms with van der Waals surface area (Å²) in [6.07, 6.45) is 1.10. The Balaban J connectivity index is 2.98. The Kier molecular flexibility index (Phi) is 1.01. The molecule has 1 heterocycles. The summed E-state index contributed by atoms with van der Waals surface area (Å²) in [4.78, 5) is 1.80. The first-order valence-corrected chi connectivity index (χ1v) is 3.33. The van der Waals surface area contributed by atoms with Crippen LogP contribution < -0.4 is 4.83 Å². The molecule has 0 saturated carbocycles. The van der Waals surface area contributed by atoms with Crippen molar-refractivity contribution in [2.24, 2.45) is 10.3 Å². The van der Waals surface area contributed by atoms with Gasteiger partial charge in [0.2, 0.25) is 0 Å². The summed E-state index contributed by atoms with van der Waals surface area (Å²) in [6, 6.07) is 0. The smallest absolute Gasteiger partial charge is 0.200 e. The second kappa shape index (κ2) is 1.55. The molecule has 1 rings (SSSR count). The SMILES string of the molecule is O=S1(=O)C=CN=NN1. The average Bonchev–Trinajstić information content (AvgIpc) is 1.65. The molecule has 8 heavy (non-hydrogen) atoms. The summed E-state index contributed by atoms with van der Waals surface area (Å²) in [5.41, 5.74) is 0. The number of sulfonamides is 1. The molecule has 0 saturated heterocycles. The van der Waals surface area contributed by atoms with Crippen molar-refractivity contribution < 1.29 is 8.42 Å². The number of nitrogens with zero attached hydrogens (tertiary/aromatic N) is 2. The molecule has 1 aliphatic heterocycles. The first kappa shape index (κ1) is 5.23. The molecule has 44 valence electrons. The van der Waals surface area contributed by atoms with Crippen molar-refractivity contribution in [3.63, 3.8) is 0 Å². The van der Waals surface area contributed by atoms with Gasteiger partial charge in [-0.2, -0.15) is 4.83 Å². The molecule has 0 aliphatic carbocycles. The van der Waals surface area contributed by atoms with Crippen LogP contribution in [-0.4, -0.2) is 8.42 Å². The lowest BCUT2D eigenvalue weighted by molar-refractivity contribution is 0.589. The molecule has 0 amide bonds. The van der Waals surface area contributed by atoms with Gasteiger partial charge in [0.25, 0.3) is 10.0 Å². The van der Waals surface area contributed by atoms with Gasteiger partial charge in [0, 0.05) is 0 Å². The maximum Gasteiger partial charge on any atom is 0.272 e. The quantitative estimate of drug-likeness (QED) is 0.495. The first-order chi connectivity index (χ1) is 3.71. The van der Waals surface area contributed by atoms with E-state index >= 15 is 0 Å². The predicted octanol–water partition coefficient (Wildman–Crippen LogP) is -0.242. The lowest BCUT2D eigenvalue weighted by Crippen LogP contribution is -2.15. The van der Waals surface area contributed by atoms with Crippen LogP contribution in [-0.2, 0) is 10.0 Å². The van der Waals surface area contributed by atoms with Crippen LogP contribution in [0.2, 0.25) is 0 Å². The number of hydrogen-bond acceptors (Lipinski definition) is 4. The van der Waals surface area contributed by atoms with E-state index in [0.717, 1.165) is 11.6 Å². The third-order valence-electron chi connectivity index (χ3n) is 0.532. The van der Waals surface area contributed by atoms with Crippen molar-refractivity contribution in [2.45, 2.75) is 0 Å². The molecule has 0 aromatic carbocycles. The molecule has 0 spiro atoms. The largest absolute Gasteiger partial charge is 0.272 e. The van der Waals surface area contributed by atoms with E-state index in [0.29, 0.717) is 0 Å². The maximum atomic E-state index is 10.3. The minimum absolute atomic E-state index is 0.931. The highest BCUT2D eigenvalue weighted by Crippen LogP contribution is 1.92. The van der Waals surface area contributed by atoms with Gasteiger partial charge in [0.15, 0.2) is 0 Å². The fraction of sp³-hybridized carbons (Fsp3) is 0. The van der Waals surface area contributed by atoms with Crippen LogP contribution in [0.5, 0.6) is 0 Å². The van der Waals surface area contributed by atoms with E-state index in [1.807, 2.05) is 0 Å². The van der Waals surface area contributed by atoms with Crippen LogP contribution in [0.15, 0.2) is 21.9 Å². The molecule has 0 fully saturated rings. The van der Waals surface area contributed by atoms with Gasteiger partial charge in [-0.3, -0.25) is 0 Å². The molecule has 6 heteroatoms. The van der Waals surface area contributed by atoms with Gasteiger partial charge in [0.1, 0.15) is 0 Å². The molecule has 1 aliphatic rings. The van der Waals surface area contributed by atoms with E-state index in [1.165, 1.54) is 0 Å². The number of rotatable bonds is 0. The van der Waals surface area contributed by atoms with Gasteiger partial charge < -0.3 is 0 Å². The Morgan fingerprint density at radius 1 is 1.50 bits per heavy atom. The highest BCUT2D eigenvalue weighted by molar-refractivity contribution is 7.92. The second-order valence-corrected chi connectivity index (χ2v) is 2.68. The van der Waals surface area contributed by atoms with Gasteiger partial charge in [-0.1, -0.05) is 5.22 Å². The molecule has 0 bridgehead atoms. The van der Waals surface area contributed by atoms with E-state index in [9.17, 15) is 8.42 Å². The third-order valence-corrected chi connectivity index (χ3v) is 1.35. The summed E-state index contributed by atoms with van der Waals surface area (Å²) in [5.74, 6) is 0. The van der Waals surface area contributed by atoms with Crippen molar-refractivity contribution >= 4 is 10.0 Å². The molecule has 0 aromatic rings. The molecule has 0 aromatic heterocycles. The highest BCUT2D eigenvalue weighted by Gasteiger charge is 2.03. The Bertz CT molecular complexity index is 226. The Morgan fingerprint density at radius 3 is 2.50 bits per heavy atom. The van der Waals surface area contributed by atoms with Crippen molar-refractivity contribution in [1.82, 2.24) is 4.83 Å². The van der Waals surface area contributed by atoms with E-state index in [4.69, 9.17) is 0 Å². The van der Waals surface area contributed by atoms with Crippen LogP contribution in [0.3, 0.4) is 0 Å². The fourth-order valence-electron chi connectivity index (χ4n) is 0.252. The third kappa shape index (κ3) is 1.03. The maximum absolute atomic E-state index is 10.3. The van der Waals surface area contributed by atoms with Crippen molar-refractivity contribution in [3.05, 3.63) is 11.6 Å². The molecule has 0 atom stereocenters. The minimum atomic E-state index is -3.27. The topological polar surface area (TPSA) is 70.9 Å². The van der Waals surface area contributed by atoms with E-state index < -0.39 is 10.0 Å². The fourth-order valence-corrected chi connectivity index (χ4v) is 0.688. The summed E-state index contributed by atoms with van der Waals surface area (Å²) >= 11 is 0. The van der Waals surface area contributed by atoms with Crippen LogP contribution >= 0.6 is 0 Å². The van der Waals surface area contributed by atoms with Crippen LogP contribution in [0, 0.1) is 0 Å². The summed E-state index contributed by atoms with van der Waals surface area (Å²) < 4.78 is 20.6. The Morgan fingerprint density at radius 2 is 2.25 bits per heavy atom. The zero-order valence-corrected chi connectivity index (χ0v) is 4.59. The molecule has 1 N–H and O–H groups in total. The van der Waals surface area contributed by atoms with Crippen molar-refractivity contribution in [2.75, 3.05) is 0 Å². The molecule has 5 nitrogen and oxygen atoms in total. The summed E-state index contributed by atoms with van der Waals surface area (Å²) in [5, 5.41) is 7.19. The average molecular weight is 133 g/mol. The minimum Gasteiger partial charge on any atom is -0.200 e. The lowest BCUT2D eigenvalue weighted by atomic mass is 11.1. The zero-order chi connectivity index (χ0) is 6.04. The molecule has 0 radical (unpaired) electrons. The number of hydrogen-bond donors (Lipinski definition) is 1. The molecule has 0 unspecified atom stereocenters. The van der Waals surface area contributed by atoms with Gasteiger partial charge in [0.05, 0.1) is 11.6 Å². The van der Waals surface area contributed by atoms with Crippen LogP contribution in [0.4, 0.5) is 0 Å². The van der Waals surface area contributed by atoms with Gasteiger partial charge in [-0.05, 0) is 0 Å². The monoisotopic (exact) mass is 133 g/mol. The number of nitrogens with one attached hydrogen (secondary N) is 1. The summed E-state index contributed by atoms with van der Waals surface area (Å²) in [7, 11) is -3.27. The van der Waals surface area contributed by atoms with Gasteiger partial charge in [-0.25, -0.2) is 8.42 Å². The van der Waals surface area contributed by atoms with Crippen molar-refractivity contribution in [1.29, 1.82) is 0 Å². The molecular weight excluding hydrogens is 130 g/mol. The zero-order valence-electron chi connectivity index (χ0n) is 3.77. The van der Waals surface area contributed by atoms with Crippen LogP contribution in [0.1, 0.15) is 0 Å². The van der Waals surface area contributed by atoms with Gasteiger partial charge >= 0.3 is 0 Å². The second-order valence-electron chi connectivity index (χ2n) is 1.14. The van der Waals surface area contributed by atoms with E-state index in [-0.39, 0.29) is 0 Å². The normalized spacial score (nSPS) is 22.5. The highest BCUT2D eigenvalue weighted by atomic mass is 32.2. The Labute approximate surface area is 46.1 Å². The van der Waals surface area contributed by atoms with Crippen molar-refractivity contribution in [3.8, 4) is 0 Å². The van der Waals surface area contributed by atoms with E-state index in [1.54, 1.807) is 4.83 Å². The lowest BCUT2D eigenvalue weighted by Gasteiger charge is -1.95. The Hall–Kier alpha value is -0.910. The molecular formula is C2H3N3O2S. The first-order valence-electron chi connectivity index (χ1n) is 1.79.